The first-order chi connectivity index (χ1) is 10.3. The third-order valence-electron chi connectivity index (χ3n) is 3.88. The number of aryl methyl sites for hydroxylation is 3. The molecule has 1 heterocycles. The molecule has 118 valence electrons. The minimum atomic E-state index is -0.166. The molecule has 0 saturated carbocycles. The molecule has 1 aromatic heterocycles. The van der Waals surface area contributed by atoms with Gasteiger partial charge in [-0.3, -0.25) is 4.79 Å². The third kappa shape index (κ3) is 4.23. The van der Waals surface area contributed by atoms with Crippen molar-refractivity contribution < 1.29 is 0 Å². The monoisotopic (exact) mass is 298 g/mol. The van der Waals surface area contributed by atoms with Crippen LogP contribution in [0.1, 0.15) is 48.2 Å². The van der Waals surface area contributed by atoms with Crippen LogP contribution in [0.4, 0.5) is 5.69 Å². The first kappa shape index (κ1) is 16.3. The maximum atomic E-state index is 12.0. The van der Waals surface area contributed by atoms with Gasteiger partial charge in [-0.15, -0.1) is 0 Å². The number of hydrogen-bond acceptors (Lipinski definition) is 2. The van der Waals surface area contributed by atoms with Gasteiger partial charge in [0, 0.05) is 5.69 Å². The van der Waals surface area contributed by atoms with Gasteiger partial charge in [-0.2, -0.15) is 0 Å². The predicted octanol–water partition coefficient (Wildman–Crippen LogP) is 3.75. The van der Waals surface area contributed by atoms with Gasteiger partial charge in [0.05, 0.1) is 0 Å². The second-order valence-corrected chi connectivity index (χ2v) is 6.67. The fraction of sp³-hybridized carbons (Fsp3) is 0.421. The molecule has 0 atom stereocenters. The van der Waals surface area contributed by atoms with Crippen molar-refractivity contribution in [1.82, 2.24) is 4.98 Å². The topological polar surface area (TPSA) is 58.9 Å². The van der Waals surface area contributed by atoms with Crippen LogP contribution in [0.15, 0.2) is 29.1 Å². The van der Waals surface area contributed by atoms with E-state index in [1.807, 2.05) is 0 Å². The number of rotatable bonds is 5. The van der Waals surface area contributed by atoms with E-state index in [0.717, 1.165) is 24.1 Å². The summed E-state index contributed by atoms with van der Waals surface area (Å²) in [5.41, 5.74) is 11.7. The summed E-state index contributed by atoms with van der Waals surface area (Å²) in [6.07, 6.45) is 2.64. The fourth-order valence-electron chi connectivity index (χ4n) is 2.80. The summed E-state index contributed by atoms with van der Waals surface area (Å²) in [5, 5.41) is 0. The van der Waals surface area contributed by atoms with Crippen LogP contribution in [0.2, 0.25) is 0 Å². The van der Waals surface area contributed by atoms with Crippen LogP contribution in [0.5, 0.6) is 0 Å². The molecular formula is C19H26N2O. The molecule has 0 aliphatic heterocycles. The van der Waals surface area contributed by atoms with Crippen LogP contribution in [-0.4, -0.2) is 4.98 Å². The Balaban J connectivity index is 2.31. The average Bonchev–Trinajstić information content (AvgIpc) is 2.40. The number of anilines is 1. The van der Waals surface area contributed by atoms with Crippen LogP contribution in [0, 0.1) is 19.8 Å². The van der Waals surface area contributed by atoms with Gasteiger partial charge in [0.25, 0.3) is 5.56 Å². The predicted molar refractivity (Wildman–Crippen MR) is 93.4 cm³/mol. The van der Waals surface area contributed by atoms with Gasteiger partial charge >= 0.3 is 0 Å². The number of hydrogen-bond donors (Lipinski definition) is 2. The standard InChI is InChI=1S/C19H26N2O/c1-12(2)5-6-17-11-16(18(20)19(22)21-17)10-15-8-13(3)7-14(4)9-15/h7-9,11-12H,5-6,10,20H2,1-4H3,(H,21,22). The number of benzene rings is 1. The Morgan fingerprint density at radius 2 is 1.73 bits per heavy atom. The molecule has 3 nitrogen and oxygen atoms in total. The first-order valence-corrected chi connectivity index (χ1v) is 7.93. The van der Waals surface area contributed by atoms with E-state index in [2.05, 4.69) is 56.9 Å². The summed E-state index contributed by atoms with van der Waals surface area (Å²) in [7, 11) is 0. The Labute approximate surface area is 132 Å². The summed E-state index contributed by atoms with van der Waals surface area (Å²) in [6.45, 7) is 8.55. The van der Waals surface area contributed by atoms with Crippen molar-refractivity contribution in [1.29, 1.82) is 0 Å². The Bertz CT molecular complexity index is 694. The van der Waals surface area contributed by atoms with Gasteiger partial charge in [-0.05, 0) is 56.2 Å². The molecule has 0 radical (unpaired) electrons. The zero-order valence-electron chi connectivity index (χ0n) is 14.0. The highest BCUT2D eigenvalue weighted by atomic mass is 16.1. The molecule has 0 amide bonds. The van der Waals surface area contributed by atoms with E-state index in [0.29, 0.717) is 18.0 Å². The van der Waals surface area contributed by atoms with Gasteiger partial charge < -0.3 is 10.7 Å². The molecule has 1 aromatic carbocycles. The minimum Gasteiger partial charge on any atom is -0.394 e. The summed E-state index contributed by atoms with van der Waals surface area (Å²) in [6, 6.07) is 8.51. The van der Waals surface area contributed by atoms with E-state index in [1.165, 1.54) is 16.7 Å². The van der Waals surface area contributed by atoms with Crippen molar-refractivity contribution in [2.24, 2.45) is 5.92 Å². The Morgan fingerprint density at radius 3 is 2.32 bits per heavy atom. The summed E-state index contributed by atoms with van der Waals surface area (Å²) < 4.78 is 0. The lowest BCUT2D eigenvalue weighted by molar-refractivity contribution is 0.580. The fourth-order valence-corrected chi connectivity index (χ4v) is 2.80. The Hall–Kier alpha value is -2.03. The molecule has 0 bridgehead atoms. The van der Waals surface area contributed by atoms with E-state index in [9.17, 15) is 4.79 Å². The molecule has 0 unspecified atom stereocenters. The highest BCUT2D eigenvalue weighted by Gasteiger charge is 2.09. The smallest absolute Gasteiger partial charge is 0.271 e. The maximum Gasteiger partial charge on any atom is 0.271 e. The lowest BCUT2D eigenvalue weighted by Crippen LogP contribution is -2.17. The van der Waals surface area contributed by atoms with Crippen molar-refractivity contribution in [2.45, 2.75) is 47.0 Å². The molecular weight excluding hydrogens is 272 g/mol. The number of nitrogen functional groups attached to an aromatic ring is 1. The molecule has 0 spiro atoms. The summed E-state index contributed by atoms with van der Waals surface area (Å²) >= 11 is 0. The first-order valence-electron chi connectivity index (χ1n) is 7.93. The number of pyridine rings is 1. The molecule has 3 heteroatoms. The van der Waals surface area contributed by atoms with Gasteiger partial charge in [-0.1, -0.05) is 43.2 Å². The molecule has 0 fully saturated rings. The number of nitrogens with one attached hydrogen (secondary N) is 1. The van der Waals surface area contributed by atoms with Gasteiger partial charge in [-0.25, -0.2) is 0 Å². The van der Waals surface area contributed by atoms with Crippen molar-refractivity contribution in [3.05, 3.63) is 62.6 Å². The van der Waals surface area contributed by atoms with Crippen molar-refractivity contribution in [2.75, 3.05) is 5.73 Å². The SMILES string of the molecule is Cc1cc(C)cc(Cc2cc(CCC(C)C)[nH]c(=O)c2N)c1. The molecule has 0 saturated heterocycles. The molecule has 22 heavy (non-hydrogen) atoms. The second-order valence-electron chi connectivity index (χ2n) is 6.67. The average molecular weight is 298 g/mol. The summed E-state index contributed by atoms with van der Waals surface area (Å²) in [4.78, 5) is 14.9. The molecule has 0 aliphatic carbocycles. The van der Waals surface area contributed by atoms with Crippen LogP contribution >= 0.6 is 0 Å². The molecule has 2 aromatic rings. The van der Waals surface area contributed by atoms with Gasteiger partial charge in [0.15, 0.2) is 0 Å². The van der Waals surface area contributed by atoms with E-state index in [-0.39, 0.29) is 5.56 Å². The van der Waals surface area contributed by atoms with Crippen LogP contribution in [-0.2, 0) is 12.8 Å². The highest BCUT2D eigenvalue weighted by Crippen LogP contribution is 2.18. The van der Waals surface area contributed by atoms with E-state index in [1.54, 1.807) is 0 Å². The number of aromatic amines is 1. The third-order valence-corrected chi connectivity index (χ3v) is 3.88. The maximum absolute atomic E-state index is 12.0. The Morgan fingerprint density at radius 1 is 1.09 bits per heavy atom. The van der Waals surface area contributed by atoms with Gasteiger partial charge in [0.1, 0.15) is 5.69 Å². The van der Waals surface area contributed by atoms with Crippen LogP contribution in [0.3, 0.4) is 0 Å². The summed E-state index contributed by atoms with van der Waals surface area (Å²) in [5.74, 6) is 0.615. The number of aromatic nitrogens is 1. The quantitative estimate of drug-likeness (QED) is 0.883. The minimum absolute atomic E-state index is 0.166. The van der Waals surface area contributed by atoms with E-state index < -0.39 is 0 Å². The van der Waals surface area contributed by atoms with Crippen LogP contribution < -0.4 is 11.3 Å². The lowest BCUT2D eigenvalue weighted by Gasteiger charge is -2.11. The normalized spacial score (nSPS) is 11.1. The Kier molecular flexibility index (Phi) is 5.07. The van der Waals surface area contributed by atoms with Crippen molar-refractivity contribution in [3.63, 3.8) is 0 Å². The number of nitrogens with two attached hydrogens (primary N) is 1. The van der Waals surface area contributed by atoms with E-state index >= 15 is 0 Å². The molecule has 3 N–H and O–H groups in total. The second kappa shape index (κ2) is 6.82. The van der Waals surface area contributed by atoms with Crippen LogP contribution in [0.25, 0.3) is 0 Å². The van der Waals surface area contributed by atoms with E-state index in [4.69, 9.17) is 5.73 Å². The number of H-pyrrole nitrogens is 1. The molecule has 0 aliphatic rings. The highest BCUT2D eigenvalue weighted by molar-refractivity contribution is 5.48. The zero-order chi connectivity index (χ0) is 16.3. The van der Waals surface area contributed by atoms with Gasteiger partial charge in [0.2, 0.25) is 0 Å². The van der Waals surface area contributed by atoms with Crippen molar-refractivity contribution in [3.8, 4) is 0 Å². The zero-order valence-corrected chi connectivity index (χ0v) is 14.0. The van der Waals surface area contributed by atoms with Crippen molar-refractivity contribution >= 4 is 5.69 Å². The largest absolute Gasteiger partial charge is 0.394 e. The molecule has 2 rings (SSSR count). The lowest BCUT2D eigenvalue weighted by atomic mass is 9.98.